The summed E-state index contributed by atoms with van der Waals surface area (Å²) in [5.74, 6) is 0. The molecule has 1 aliphatic heterocycles. The summed E-state index contributed by atoms with van der Waals surface area (Å²) in [7, 11) is 0. The van der Waals surface area contributed by atoms with E-state index in [4.69, 9.17) is 0 Å². The molecule has 0 aliphatic carbocycles. The molecule has 1 aliphatic rings. The van der Waals surface area contributed by atoms with Crippen LogP contribution in [0.2, 0.25) is 0 Å². The number of quaternary nitrogens is 1. The molecule has 0 bridgehead atoms. The second kappa shape index (κ2) is 2.84. The van der Waals surface area contributed by atoms with Crippen LogP contribution in [-0.2, 0) is 11.1 Å². The Morgan fingerprint density at radius 1 is 1.00 bits per heavy atom. The summed E-state index contributed by atoms with van der Waals surface area (Å²) in [4.78, 5) is 0. The topological polar surface area (TPSA) is 23.1 Å². The van der Waals surface area contributed by atoms with Gasteiger partial charge in [0, 0.05) is 11.1 Å². The maximum atomic E-state index is 12.7. The molecule has 15 heavy (non-hydrogen) atoms. The second-order valence-electron chi connectivity index (χ2n) is 5.20. The molecule has 0 spiro atoms. The first-order valence-electron chi connectivity index (χ1n) is 5.13. The molecule has 0 radical (unpaired) electrons. The van der Waals surface area contributed by atoms with Crippen molar-refractivity contribution in [1.82, 2.24) is 0 Å². The van der Waals surface area contributed by atoms with E-state index < -0.39 is 14.8 Å². The lowest BCUT2D eigenvalue weighted by Gasteiger charge is -2.50. The van der Waals surface area contributed by atoms with Gasteiger partial charge in [0.2, 0.25) is 16.1 Å². The van der Waals surface area contributed by atoms with Crippen LogP contribution in [-0.4, -0.2) is 3.67 Å². The van der Waals surface area contributed by atoms with E-state index in [0.717, 1.165) is 11.1 Å². The third kappa shape index (κ3) is 1.11. The minimum atomic E-state index is -0.444. The van der Waals surface area contributed by atoms with Crippen LogP contribution in [0.25, 0.3) is 0 Å². The van der Waals surface area contributed by atoms with Gasteiger partial charge in [-0.1, -0.05) is 24.3 Å². The van der Waals surface area contributed by atoms with Gasteiger partial charge in [-0.15, -0.1) is 0 Å². The third-order valence-electron chi connectivity index (χ3n) is 3.68. The van der Waals surface area contributed by atoms with E-state index in [1.165, 1.54) is 0 Å². The fourth-order valence-corrected chi connectivity index (χ4v) is 2.94. The van der Waals surface area contributed by atoms with Crippen LogP contribution in [0.5, 0.6) is 0 Å². The largest absolute Gasteiger partial charge is 0.620 e. The zero-order chi connectivity index (χ0) is 11.5. The van der Waals surface area contributed by atoms with Crippen molar-refractivity contribution < 1.29 is 3.67 Å². The molecule has 0 atom stereocenters. The van der Waals surface area contributed by atoms with E-state index >= 15 is 0 Å². The Hall–Kier alpha value is -0.380. The first-order valence-corrected chi connectivity index (χ1v) is 5.84. The van der Waals surface area contributed by atoms with Gasteiger partial charge in [-0.25, -0.2) is 0 Å². The minimum Gasteiger partial charge on any atom is -0.620 e. The molecule has 1 aromatic carbocycles. The smallest absolute Gasteiger partial charge is 0.229 e. The third-order valence-corrected chi connectivity index (χ3v) is 5.46. The second-order valence-corrected chi connectivity index (χ2v) is 6.19. The Morgan fingerprint density at radius 3 is 1.67 bits per heavy atom. The van der Waals surface area contributed by atoms with Crippen LogP contribution < -0.4 is 0 Å². The highest BCUT2D eigenvalue weighted by molar-refractivity contribution is 9.05. The lowest BCUT2D eigenvalue weighted by molar-refractivity contribution is -0.842. The molecule has 0 amide bonds. The first-order chi connectivity index (χ1) is 6.73. The Kier molecular flexibility index (Phi) is 2.11. The fraction of sp³-hybridized carbons (Fsp3) is 0.500. The summed E-state index contributed by atoms with van der Waals surface area (Å²) >= 11 is 3.35. The van der Waals surface area contributed by atoms with E-state index in [2.05, 4.69) is 28.3 Å². The molecule has 2 rings (SSSR count). The Bertz CT molecular complexity index is 373. The predicted molar refractivity (Wildman–Crippen MR) is 65.0 cm³/mol. The van der Waals surface area contributed by atoms with Crippen molar-refractivity contribution in [2.24, 2.45) is 0 Å². The van der Waals surface area contributed by atoms with Gasteiger partial charge < -0.3 is 5.21 Å². The molecule has 0 aromatic heterocycles. The van der Waals surface area contributed by atoms with Crippen LogP contribution in [0.15, 0.2) is 24.3 Å². The van der Waals surface area contributed by atoms with Crippen molar-refractivity contribution in [3.63, 3.8) is 0 Å². The molecule has 0 unspecified atom stereocenters. The summed E-state index contributed by atoms with van der Waals surface area (Å²) < 4.78 is -0.424. The predicted octanol–water partition coefficient (Wildman–Crippen LogP) is 3.79. The average Bonchev–Trinajstić information content (AvgIpc) is 2.26. The molecular weight excluding hydrogens is 254 g/mol. The normalized spacial score (nSPS) is 24.9. The van der Waals surface area contributed by atoms with Crippen LogP contribution in [0.1, 0.15) is 38.8 Å². The van der Waals surface area contributed by atoms with Gasteiger partial charge in [-0.05, 0) is 27.7 Å². The van der Waals surface area contributed by atoms with Crippen molar-refractivity contribution in [3.8, 4) is 0 Å². The summed E-state index contributed by atoms with van der Waals surface area (Å²) in [5.41, 5.74) is 1.39. The monoisotopic (exact) mass is 269 g/mol. The Morgan fingerprint density at radius 2 is 1.33 bits per heavy atom. The minimum absolute atomic E-state index is 0.424. The van der Waals surface area contributed by atoms with Gasteiger partial charge in [0.1, 0.15) is 11.1 Å². The Balaban J connectivity index is 2.78. The number of hydrogen-bond donors (Lipinski definition) is 0. The highest BCUT2D eigenvalue weighted by Gasteiger charge is 2.57. The molecule has 2 nitrogen and oxygen atoms in total. The highest BCUT2D eigenvalue weighted by atomic mass is 79.9. The molecular formula is C12H16BrNO. The van der Waals surface area contributed by atoms with Gasteiger partial charge in [-0.3, -0.25) is 3.67 Å². The zero-order valence-corrected chi connectivity index (χ0v) is 11.1. The summed E-state index contributed by atoms with van der Waals surface area (Å²) in [5, 5.41) is 12.7. The Labute approximate surface area is 99.4 Å². The lowest BCUT2D eigenvalue weighted by Crippen LogP contribution is -2.51. The van der Waals surface area contributed by atoms with Crippen LogP contribution in [0, 0.1) is 5.21 Å². The standard InChI is InChI=1S/C12H16BrNO/c1-11(2)9-7-5-6-8-10(9)12(3,4)14(11,13)15/h5-8H,1-4H3. The van der Waals surface area contributed by atoms with Crippen molar-refractivity contribution in [2.45, 2.75) is 38.8 Å². The van der Waals surface area contributed by atoms with E-state index in [9.17, 15) is 5.21 Å². The highest BCUT2D eigenvalue weighted by Crippen LogP contribution is 2.57. The van der Waals surface area contributed by atoms with Crippen LogP contribution in [0.3, 0.4) is 0 Å². The number of fused-ring (bicyclic) bond motifs is 1. The van der Waals surface area contributed by atoms with Gasteiger partial charge >= 0.3 is 0 Å². The van der Waals surface area contributed by atoms with Crippen molar-refractivity contribution in [3.05, 3.63) is 40.6 Å². The average molecular weight is 270 g/mol. The van der Waals surface area contributed by atoms with Gasteiger partial charge in [0.25, 0.3) is 0 Å². The quantitative estimate of drug-likeness (QED) is 0.519. The first kappa shape index (κ1) is 11.1. The van der Waals surface area contributed by atoms with Crippen LogP contribution in [0.4, 0.5) is 0 Å². The molecule has 82 valence electrons. The van der Waals surface area contributed by atoms with E-state index in [1.807, 2.05) is 39.8 Å². The fourth-order valence-electron chi connectivity index (χ4n) is 2.56. The maximum absolute atomic E-state index is 12.7. The van der Waals surface area contributed by atoms with Gasteiger partial charge in [0.15, 0.2) is 0 Å². The molecule has 0 N–H and O–H groups in total. The molecule has 0 saturated carbocycles. The van der Waals surface area contributed by atoms with Gasteiger partial charge in [-0.2, -0.15) is 0 Å². The maximum Gasteiger partial charge on any atom is 0.229 e. The number of benzene rings is 1. The molecule has 0 saturated heterocycles. The number of hydrogen-bond acceptors (Lipinski definition) is 1. The molecule has 0 fully saturated rings. The summed E-state index contributed by atoms with van der Waals surface area (Å²) in [6, 6.07) is 8.09. The number of nitrogens with zero attached hydrogens (tertiary/aromatic N) is 1. The number of halogens is 1. The van der Waals surface area contributed by atoms with Crippen molar-refractivity contribution >= 4 is 16.1 Å². The lowest BCUT2D eigenvalue weighted by atomic mass is 9.91. The zero-order valence-electron chi connectivity index (χ0n) is 9.54. The van der Waals surface area contributed by atoms with Crippen LogP contribution >= 0.6 is 16.1 Å². The van der Waals surface area contributed by atoms with E-state index in [-0.39, 0.29) is 0 Å². The van der Waals surface area contributed by atoms with Gasteiger partial charge in [0.05, 0.1) is 0 Å². The summed E-state index contributed by atoms with van der Waals surface area (Å²) in [6.45, 7) is 7.95. The van der Waals surface area contributed by atoms with Crippen molar-refractivity contribution in [1.29, 1.82) is 0 Å². The summed E-state index contributed by atoms with van der Waals surface area (Å²) in [6.07, 6.45) is 0. The number of rotatable bonds is 0. The SMILES string of the molecule is CC1(C)c2ccccc2C(C)(C)[N+]1([O-])Br. The molecule has 1 aromatic rings. The van der Waals surface area contributed by atoms with Crippen molar-refractivity contribution in [2.75, 3.05) is 0 Å². The molecule has 1 heterocycles. The van der Waals surface area contributed by atoms with E-state index in [1.54, 1.807) is 0 Å². The van der Waals surface area contributed by atoms with E-state index in [0.29, 0.717) is 0 Å². The molecule has 3 heteroatoms. The number of hydroxylamine groups is 2.